The number of carbonyl (C=O) groups excluding carboxylic acids is 2. The van der Waals surface area contributed by atoms with E-state index in [1.165, 1.54) is 0 Å². The second-order valence-electron chi connectivity index (χ2n) is 0.500. The van der Waals surface area contributed by atoms with E-state index in [0.717, 1.165) is 0 Å². The quantitative estimate of drug-likeness (QED) is 0.386. The van der Waals surface area contributed by atoms with Crippen molar-refractivity contribution >= 4 is 50.0 Å². The van der Waals surface area contributed by atoms with Gasteiger partial charge in [0.05, 0.1) is 0 Å². The van der Waals surface area contributed by atoms with Crippen LogP contribution in [0.15, 0.2) is 0 Å². The average Bonchev–Trinajstić information content (AvgIpc) is 1.25. The van der Waals surface area contributed by atoms with Gasteiger partial charge in [-0.05, 0) is 12.3 Å². The summed E-state index contributed by atoms with van der Waals surface area (Å²) >= 11 is 0. The smallest absolute Gasteiger partial charge is 0.652 e. The molecular formula is C2CaK2O6. The van der Waals surface area contributed by atoms with Crippen molar-refractivity contribution in [2.45, 2.75) is 0 Å². The molecule has 0 N–H and O–H groups in total. The first kappa shape index (κ1) is 29.2. The molecule has 0 aliphatic carbocycles. The molecule has 0 heterocycles. The minimum atomic E-state index is -2.33. The van der Waals surface area contributed by atoms with Gasteiger partial charge in [0.1, 0.15) is 0 Å². The van der Waals surface area contributed by atoms with Crippen LogP contribution in [-0.2, 0) is 0 Å². The van der Waals surface area contributed by atoms with E-state index in [0.29, 0.717) is 0 Å². The molecule has 0 aliphatic rings. The zero-order chi connectivity index (χ0) is 7.15. The molecule has 11 heavy (non-hydrogen) atoms. The van der Waals surface area contributed by atoms with Gasteiger partial charge < -0.3 is 30.0 Å². The summed E-state index contributed by atoms with van der Waals surface area (Å²) in [5, 5.41) is 33.3. The van der Waals surface area contributed by atoms with Crippen LogP contribution in [0, 0.1) is 0 Å². The number of rotatable bonds is 0. The minimum absolute atomic E-state index is 0. The molecule has 0 rings (SSSR count). The second-order valence-corrected chi connectivity index (χ2v) is 0.500. The number of carbonyl (C=O) groups is 2. The molecule has 0 amide bonds. The predicted octanol–water partition coefficient (Wildman–Crippen LogP) is -11.3. The van der Waals surface area contributed by atoms with Gasteiger partial charge in [-0.1, -0.05) is 0 Å². The number of hydrogen-bond acceptors (Lipinski definition) is 6. The zero-order valence-electron chi connectivity index (χ0n) is 6.16. The van der Waals surface area contributed by atoms with Gasteiger partial charge in [-0.3, -0.25) is 0 Å². The first-order valence-corrected chi connectivity index (χ1v) is 1.22. The normalized spacial score (nSPS) is 4.36. The van der Waals surface area contributed by atoms with Crippen molar-refractivity contribution in [3.8, 4) is 0 Å². The minimum Gasteiger partial charge on any atom is -0.652 e. The molecular weight excluding hydrogens is 238 g/mol. The topological polar surface area (TPSA) is 126 Å². The molecule has 0 aliphatic heterocycles. The van der Waals surface area contributed by atoms with Crippen LogP contribution < -0.4 is 123 Å². The van der Waals surface area contributed by atoms with Crippen molar-refractivity contribution < 1.29 is 133 Å². The number of hydrogen-bond donors (Lipinski definition) is 0. The molecule has 0 saturated heterocycles. The summed E-state index contributed by atoms with van der Waals surface area (Å²) in [7, 11) is 0. The molecule has 0 fully saturated rings. The summed E-state index contributed by atoms with van der Waals surface area (Å²) in [5.41, 5.74) is 0. The van der Waals surface area contributed by atoms with E-state index in [1.54, 1.807) is 0 Å². The van der Waals surface area contributed by atoms with Crippen LogP contribution >= 0.6 is 0 Å². The van der Waals surface area contributed by atoms with Crippen molar-refractivity contribution in [3.05, 3.63) is 0 Å². The standard InChI is InChI=1S/2CH2O3.Ca.2K/c2*2-1(3)4;;;/h2*(H2,2,3,4);;;/q;;+2;2*+1/p-4. The molecule has 0 bridgehead atoms. The van der Waals surface area contributed by atoms with Crippen molar-refractivity contribution in [3.63, 3.8) is 0 Å². The van der Waals surface area contributed by atoms with Gasteiger partial charge in [0, 0.05) is 0 Å². The molecule has 0 aromatic rings. The van der Waals surface area contributed by atoms with E-state index < -0.39 is 12.3 Å². The van der Waals surface area contributed by atoms with Gasteiger partial charge in [0.15, 0.2) is 0 Å². The SMILES string of the molecule is O=C([O-])[O-].O=C([O-])[O-].[Ca+2].[K+].[K+]. The monoisotopic (exact) mass is 238 g/mol. The summed E-state index contributed by atoms with van der Waals surface area (Å²) < 4.78 is 0. The third-order valence-electron chi connectivity index (χ3n) is 0. The van der Waals surface area contributed by atoms with Crippen LogP contribution in [0.4, 0.5) is 9.59 Å². The Balaban J connectivity index is -0.0000000171. The largest absolute Gasteiger partial charge is 2.00 e. The van der Waals surface area contributed by atoms with Crippen molar-refractivity contribution in [2.75, 3.05) is 0 Å². The van der Waals surface area contributed by atoms with E-state index >= 15 is 0 Å². The third-order valence-corrected chi connectivity index (χ3v) is 0. The van der Waals surface area contributed by atoms with Crippen LogP contribution in [-0.4, -0.2) is 50.0 Å². The number of carboxylic acid groups (broad SMARTS) is 4. The third kappa shape index (κ3) is 170. The van der Waals surface area contributed by atoms with Crippen molar-refractivity contribution in [1.29, 1.82) is 0 Å². The van der Waals surface area contributed by atoms with Gasteiger partial charge in [-0.15, -0.1) is 0 Å². The van der Waals surface area contributed by atoms with Crippen molar-refractivity contribution in [1.82, 2.24) is 0 Å². The fourth-order valence-corrected chi connectivity index (χ4v) is 0. The summed E-state index contributed by atoms with van der Waals surface area (Å²) in [4.78, 5) is 16.7. The summed E-state index contributed by atoms with van der Waals surface area (Å²) in [6.45, 7) is 0. The molecule has 0 spiro atoms. The van der Waals surface area contributed by atoms with E-state index in [-0.39, 0.29) is 141 Å². The second kappa shape index (κ2) is 23.1. The van der Waals surface area contributed by atoms with Gasteiger partial charge in [-0.25, -0.2) is 0 Å². The Labute approximate surface area is 178 Å². The summed E-state index contributed by atoms with van der Waals surface area (Å²) in [6, 6.07) is 0. The maximum Gasteiger partial charge on any atom is 2.00 e. The van der Waals surface area contributed by atoms with E-state index in [4.69, 9.17) is 30.0 Å². The van der Waals surface area contributed by atoms with Crippen LogP contribution in [0.3, 0.4) is 0 Å². The fraction of sp³-hybridized carbons (Fsp3) is 0. The van der Waals surface area contributed by atoms with Crippen LogP contribution in [0.2, 0.25) is 0 Å². The Morgan fingerprint density at radius 3 is 0.727 bits per heavy atom. The Morgan fingerprint density at radius 2 is 0.727 bits per heavy atom. The summed E-state index contributed by atoms with van der Waals surface area (Å²) in [5.74, 6) is 0. The maximum atomic E-state index is 8.33. The predicted molar refractivity (Wildman–Crippen MR) is 16.5 cm³/mol. The molecule has 0 aromatic carbocycles. The Hall–Kier alpha value is 3.07. The van der Waals surface area contributed by atoms with E-state index in [9.17, 15) is 0 Å². The van der Waals surface area contributed by atoms with Gasteiger partial charge in [-0.2, -0.15) is 0 Å². The maximum absolute atomic E-state index is 8.33. The van der Waals surface area contributed by atoms with Gasteiger partial charge >= 0.3 is 141 Å². The van der Waals surface area contributed by atoms with E-state index in [2.05, 4.69) is 0 Å². The molecule has 6 nitrogen and oxygen atoms in total. The Bertz CT molecular complexity index is 76.6. The molecule has 0 radical (unpaired) electrons. The fourth-order valence-electron chi connectivity index (χ4n) is 0. The van der Waals surface area contributed by atoms with Crippen LogP contribution in [0.5, 0.6) is 0 Å². The summed E-state index contributed by atoms with van der Waals surface area (Å²) in [6.07, 6.45) is -4.67. The molecule has 0 saturated carbocycles. The Kier molecular flexibility index (Phi) is 61.5. The first-order chi connectivity index (χ1) is 3.46. The van der Waals surface area contributed by atoms with Crippen LogP contribution in [0.25, 0.3) is 0 Å². The molecule has 0 unspecified atom stereocenters. The van der Waals surface area contributed by atoms with E-state index in [1.807, 2.05) is 0 Å². The molecule has 48 valence electrons. The van der Waals surface area contributed by atoms with Gasteiger partial charge in [0.2, 0.25) is 0 Å². The zero-order valence-corrected chi connectivity index (χ0v) is 14.6. The van der Waals surface area contributed by atoms with Crippen LogP contribution in [0.1, 0.15) is 0 Å². The molecule has 0 aromatic heterocycles. The molecule has 9 heteroatoms. The first-order valence-electron chi connectivity index (χ1n) is 1.22. The average molecular weight is 238 g/mol. The van der Waals surface area contributed by atoms with Crippen molar-refractivity contribution in [2.24, 2.45) is 0 Å². The Morgan fingerprint density at radius 1 is 0.727 bits per heavy atom. The molecule has 0 atom stereocenters. The van der Waals surface area contributed by atoms with Gasteiger partial charge in [0.25, 0.3) is 0 Å².